The minimum atomic E-state index is -0.0440. The van der Waals surface area contributed by atoms with Gasteiger partial charge >= 0.3 is 0 Å². The van der Waals surface area contributed by atoms with Crippen LogP contribution in [0.2, 0.25) is 0 Å². The van der Waals surface area contributed by atoms with Crippen molar-refractivity contribution in [1.82, 2.24) is 25.3 Å². The quantitative estimate of drug-likeness (QED) is 0.225. The van der Waals surface area contributed by atoms with Gasteiger partial charge in [-0.15, -0.1) is 0 Å². The van der Waals surface area contributed by atoms with Crippen LogP contribution in [0.4, 0.5) is 0 Å². The van der Waals surface area contributed by atoms with Gasteiger partial charge in [0.25, 0.3) is 0 Å². The first kappa shape index (κ1) is 19.6. The molecule has 0 aliphatic rings. The number of hydrogen-bond donors (Lipinski definition) is 5. The molecular formula is C21H23N7O2. The molecule has 154 valence electrons. The van der Waals surface area contributed by atoms with Crippen molar-refractivity contribution in [1.29, 1.82) is 5.41 Å². The molecule has 0 atom stereocenters. The molecule has 0 spiro atoms. The Bertz CT molecular complexity index is 1220. The molecule has 2 aromatic heterocycles. The van der Waals surface area contributed by atoms with Crippen molar-refractivity contribution in [2.24, 2.45) is 5.73 Å². The molecule has 0 fully saturated rings. The molecule has 0 saturated heterocycles. The number of benzene rings is 2. The summed E-state index contributed by atoms with van der Waals surface area (Å²) in [5, 5.41) is 10.4. The van der Waals surface area contributed by atoms with Gasteiger partial charge in [0.05, 0.1) is 35.1 Å². The summed E-state index contributed by atoms with van der Waals surface area (Å²) < 4.78 is 4.91. The molecule has 30 heavy (non-hydrogen) atoms. The fourth-order valence-electron chi connectivity index (χ4n) is 3.25. The number of hydrogen-bond acceptors (Lipinski definition) is 5. The van der Waals surface area contributed by atoms with E-state index in [0.29, 0.717) is 31.6 Å². The highest BCUT2D eigenvalue weighted by molar-refractivity contribution is 5.97. The largest absolute Gasteiger partial charge is 0.384 e. The van der Waals surface area contributed by atoms with Gasteiger partial charge in [-0.05, 0) is 35.9 Å². The lowest BCUT2D eigenvalue weighted by molar-refractivity contribution is -0.122. The third kappa shape index (κ3) is 4.31. The highest BCUT2D eigenvalue weighted by atomic mass is 16.5. The van der Waals surface area contributed by atoms with Crippen LogP contribution in [0.5, 0.6) is 0 Å². The summed E-state index contributed by atoms with van der Waals surface area (Å²) in [7, 11) is 1.57. The lowest BCUT2D eigenvalue weighted by Gasteiger charge is -2.04. The second kappa shape index (κ2) is 8.34. The zero-order valence-corrected chi connectivity index (χ0v) is 16.6. The van der Waals surface area contributed by atoms with Crippen LogP contribution in [0.25, 0.3) is 22.1 Å². The van der Waals surface area contributed by atoms with Crippen molar-refractivity contribution in [2.45, 2.75) is 19.4 Å². The Hall–Kier alpha value is -3.72. The van der Waals surface area contributed by atoms with Crippen LogP contribution in [0.15, 0.2) is 36.4 Å². The topological polar surface area (TPSA) is 146 Å². The Morgan fingerprint density at radius 2 is 1.87 bits per heavy atom. The molecule has 0 bridgehead atoms. The average Bonchev–Trinajstić information content (AvgIpc) is 3.32. The SMILES string of the molecule is COCCC(=O)NCc1ccc2[nH]c(Cc3nc4ccc(C(=N)N)cc4[nH]3)nc2c1. The summed E-state index contributed by atoms with van der Waals surface area (Å²) >= 11 is 0. The molecule has 4 rings (SSSR count). The Morgan fingerprint density at radius 3 is 2.63 bits per heavy atom. The number of H-pyrrole nitrogens is 2. The van der Waals surface area contributed by atoms with Gasteiger partial charge in [-0.1, -0.05) is 6.07 Å². The van der Waals surface area contributed by atoms with Crippen LogP contribution in [0.1, 0.15) is 29.2 Å². The smallest absolute Gasteiger partial charge is 0.222 e. The molecule has 2 heterocycles. The van der Waals surface area contributed by atoms with Gasteiger partial charge in [0.1, 0.15) is 17.5 Å². The lowest BCUT2D eigenvalue weighted by Crippen LogP contribution is -2.23. The third-order valence-electron chi connectivity index (χ3n) is 4.80. The number of nitrogens with zero attached hydrogens (tertiary/aromatic N) is 2. The zero-order valence-electron chi connectivity index (χ0n) is 16.6. The predicted molar refractivity (Wildman–Crippen MR) is 114 cm³/mol. The number of amides is 1. The summed E-state index contributed by atoms with van der Waals surface area (Å²) in [6.07, 6.45) is 0.860. The van der Waals surface area contributed by atoms with E-state index in [0.717, 1.165) is 39.3 Å². The third-order valence-corrected chi connectivity index (χ3v) is 4.80. The number of nitrogens with one attached hydrogen (secondary N) is 4. The number of imidazole rings is 2. The van der Waals surface area contributed by atoms with E-state index in [4.69, 9.17) is 15.9 Å². The zero-order chi connectivity index (χ0) is 21.1. The second-order valence-electron chi connectivity index (χ2n) is 7.06. The summed E-state index contributed by atoms with van der Waals surface area (Å²) in [4.78, 5) is 27.6. The number of ether oxygens (including phenoxy) is 1. The van der Waals surface area contributed by atoms with E-state index in [-0.39, 0.29) is 11.7 Å². The van der Waals surface area contributed by atoms with Gasteiger partial charge in [0, 0.05) is 25.6 Å². The molecule has 0 radical (unpaired) electrons. The first-order valence-corrected chi connectivity index (χ1v) is 9.58. The molecule has 9 heteroatoms. The molecule has 0 aliphatic carbocycles. The normalized spacial score (nSPS) is 11.2. The first-order valence-electron chi connectivity index (χ1n) is 9.58. The van der Waals surface area contributed by atoms with E-state index >= 15 is 0 Å². The van der Waals surface area contributed by atoms with Crippen LogP contribution >= 0.6 is 0 Å². The number of rotatable bonds is 8. The maximum Gasteiger partial charge on any atom is 0.222 e. The number of carbonyl (C=O) groups excluding carboxylic acids is 1. The van der Waals surface area contributed by atoms with Crippen LogP contribution in [0.3, 0.4) is 0 Å². The summed E-state index contributed by atoms with van der Waals surface area (Å²) in [6.45, 7) is 0.855. The average molecular weight is 405 g/mol. The van der Waals surface area contributed by atoms with Crippen molar-refractivity contribution >= 4 is 33.8 Å². The summed E-state index contributed by atoms with van der Waals surface area (Å²) in [6, 6.07) is 11.3. The molecular weight excluding hydrogens is 382 g/mol. The van der Waals surface area contributed by atoms with Gasteiger partial charge in [-0.2, -0.15) is 0 Å². The molecule has 0 aliphatic heterocycles. The lowest BCUT2D eigenvalue weighted by atomic mass is 10.2. The second-order valence-corrected chi connectivity index (χ2v) is 7.06. The van der Waals surface area contributed by atoms with Gasteiger partial charge in [-0.3, -0.25) is 10.2 Å². The molecule has 6 N–H and O–H groups in total. The minimum absolute atomic E-state index is 0.0241. The summed E-state index contributed by atoms with van der Waals surface area (Å²) in [5.74, 6) is 1.54. The van der Waals surface area contributed by atoms with Crippen molar-refractivity contribution in [3.63, 3.8) is 0 Å². The molecule has 2 aromatic carbocycles. The van der Waals surface area contributed by atoms with Gasteiger partial charge in [0.2, 0.25) is 5.91 Å². The monoisotopic (exact) mass is 405 g/mol. The van der Waals surface area contributed by atoms with Crippen LogP contribution in [-0.2, 0) is 22.5 Å². The fraction of sp³-hybridized carbons (Fsp3) is 0.238. The first-order chi connectivity index (χ1) is 14.5. The predicted octanol–water partition coefficient (Wildman–Crippen LogP) is 1.97. The Morgan fingerprint density at radius 1 is 1.10 bits per heavy atom. The van der Waals surface area contributed by atoms with Gasteiger partial charge in [-0.25, -0.2) is 9.97 Å². The van der Waals surface area contributed by atoms with E-state index in [2.05, 4.69) is 25.3 Å². The standard InChI is InChI=1S/C21H23N7O2/c1-30-7-6-20(29)24-11-12-2-4-14-16(8-12)27-18(25-14)10-19-26-15-5-3-13(21(22)23)9-17(15)28-19/h2-5,8-9H,6-7,10-11H2,1H3,(H3,22,23)(H,24,29)(H,25,27)(H,26,28). The Kier molecular flexibility index (Phi) is 5.44. The van der Waals surface area contributed by atoms with Crippen molar-refractivity contribution in [3.8, 4) is 0 Å². The van der Waals surface area contributed by atoms with E-state index in [9.17, 15) is 4.79 Å². The fourth-order valence-corrected chi connectivity index (χ4v) is 3.25. The number of nitrogen functional groups attached to an aromatic ring is 1. The number of fused-ring (bicyclic) bond motifs is 2. The molecule has 1 amide bonds. The number of amidine groups is 1. The number of aromatic nitrogens is 4. The number of carbonyl (C=O) groups is 1. The van der Waals surface area contributed by atoms with Crippen LogP contribution in [0, 0.1) is 5.41 Å². The number of nitrogens with two attached hydrogens (primary N) is 1. The van der Waals surface area contributed by atoms with Gasteiger partial charge in [0.15, 0.2) is 0 Å². The van der Waals surface area contributed by atoms with E-state index in [1.54, 1.807) is 13.2 Å². The Balaban J connectivity index is 1.47. The van der Waals surface area contributed by atoms with Crippen molar-refractivity contribution in [2.75, 3.05) is 13.7 Å². The van der Waals surface area contributed by atoms with Gasteiger partial charge < -0.3 is 25.8 Å². The minimum Gasteiger partial charge on any atom is -0.384 e. The molecule has 0 saturated carbocycles. The van der Waals surface area contributed by atoms with Crippen molar-refractivity contribution < 1.29 is 9.53 Å². The molecule has 0 unspecified atom stereocenters. The highest BCUT2D eigenvalue weighted by Gasteiger charge is 2.10. The van der Waals surface area contributed by atoms with Crippen molar-refractivity contribution in [3.05, 3.63) is 59.2 Å². The van der Waals surface area contributed by atoms with E-state index < -0.39 is 0 Å². The van der Waals surface area contributed by atoms with E-state index in [1.807, 2.05) is 30.3 Å². The maximum atomic E-state index is 11.7. The molecule has 9 nitrogen and oxygen atoms in total. The number of aromatic amines is 2. The molecule has 4 aromatic rings. The summed E-state index contributed by atoms with van der Waals surface area (Å²) in [5.41, 5.74) is 10.6. The maximum absolute atomic E-state index is 11.7. The van der Waals surface area contributed by atoms with Crippen LogP contribution in [-0.4, -0.2) is 45.4 Å². The Labute approximate surface area is 172 Å². The highest BCUT2D eigenvalue weighted by Crippen LogP contribution is 2.18. The number of methoxy groups -OCH3 is 1. The van der Waals surface area contributed by atoms with E-state index in [1.165, 1.54) is 0 Å². The van der Waals surface area contributed by atoms with Crippen LogP contribution < -0.4 is 11.1 Å².